The van der Waals surface area contributed by atoms with Crippen molar-refractivity contribution in [2.75, 3.05) is 13.2 Å². The Labute approximate surface area is 140 Å². The van der Waals surface area contributed by atoms with Crippen molar-refractivity contribution in [3.8, 4) is 0 Å². The van der Waals surface area contributed by atoms with Gasteiger partial charge in [-0.1, -0.05) is 51.1 Å². The molecule has 1 heterocycles. The molecule has 2 unspecified atom stereocenters. The fourth-order valence-electron chi connectivity index (χ4n) is 2.45. The van der Waals surface area contributed by atoms with Crippen molar-refractivity contribution in [3.05, 3.63) is 35.9 Å². The van der Waals surface area contributed by atoms with Crippen LogP contribution in [0.25, 0.3) is 0 Å². The summed E-state index contributed by atoms with van der Waals surface area (Å²) in [5.74, 6) is 0. The van der Waals surface area contributed by atoms with Crippen molar-refractivity contribution in [2.45, 2.75) is 65.7 Å². The third kappa shape index (κ3) is 5.87. The maximum Gasteiger partial charge on any atom is 0.410 e. The van der Waals surface area contributed by atoms with Gasteiger partial charge in [-0.05, 0) is 32.8 Å². The van der Waals surface area contributed by atoms with Gasteiger partial charge in [0.15, 0.2) is 0 Å². The average Bonchev–Trinajstić information content (AvgIpc) is 2.55. The summed E-state index contributed by atoms with van der Waals surface area (Å²) in [5, 5.41) is 0. The Bertz CT molecular complexity index is 467. The summed E-state index contributed by atoms with van der Waals surface area (Å²) in [6.07, 6.45) is 0.529. The molecule has 23 heavy (non-hydrogen) atoms. The molecule has 0 bridgehead atoms. The topological polar surface area (TPSA) is 38.8 Å². The lowest BCUT2D eigenvalue weighted by Crippen LogP contribution is -2.50. The molecule has 0 saturated carbocycles. The number of hydrogen-bond donors (Lipinski definition) is 0. The van der Waals surface area contributed by atoms with Gasteiger partial charge in [0.25, 0.3) is 0 Å². The third-order valence-corrected chi connectivity index (χ3v) is 3.56. The van der Waals surface area contributed by atoms with E-state index in [1.807, 2.05) is 69.9 Å². The van der Waals surface area contributed by atoms with Crippen LogP contribution >= 0.6 is 0 Å². The molecule has 1 aromatic rings. The maximum absolute atomic E-state index is 12.4. The first kappa shape index (κ1) is 19.5. The third-order valence-electron chi connectivity index (χ3n) is 3.56. The average molecular weight is 321 g/mol. The van der Waals surface area contributed by atoms with Gasteiger partial charge in [-0.25, -0.2) is 4.79 Å². The Kier molecular flexibility index (Phi) is 7.56. The highest BCUT2D eigenvalue weighted by molar-refractivity contribution is 5.68. The zero-order valence-electron chi connectivity index (χ0n) is 15.3. The summed E-state index contributed by atoms with van der Waals surface area (Å²) in [6.45, 7) is 12.8. The van der Waals surface area contributed by atoms with Gasteiger partial charge in [0.2, 0.25) is 0 Å². The van der Waals surface area contributed by atoms with Gasteiger partial charge in [0.1, 0.15) is 11.7 Å². The van der Waals surface area contributed by atoms with Crippen LogP contribution in [0.1, 0.15) is 59.6 Å². The van der Waals surface area contributed by atoms with E-state index in [1.54, 1.807) is 0 Å². The molecule has 0 N–H and O–H groups in total. The minimum atomic E-state index is -0.476. The summed E-state index contributed by atoms with van der Waals surface area (Å²) in [5.41, 5.74) is 0.622. The van der Waals surface area contributed by atoms with E-state index < -0.39 is 5.60 Å². The largest absolute Gasteiger partial charge is 0.444 e. The molecule has 4 heteroatoms. The van der Waals surface area contributed by atoms with E-state index in [2.05, 4.69) is 6.92 Å². The predicted molar refractivity (Wildman–Crippen MR) is 93.5 cm³/mol. The second-order valence-electron chi connectivity index (χ2n) is 6.43. The van der Waals surface area contributed by atoms with Crippen LogP contribution < -0.4 is 0 Å². The summed E-state index contributed by atoms with van der Waals surface area (Å²) in [6, 6.07) is 10.1. The van der Waals surface area contributed by atoms with Crippen molar-refractivity contribution in [1.82, 2.24) is 4.90 Å². The Hall–Kier alpha value is -1.55. The molecule has 1 saturated heterocycles. The number of ether oxygens (including phenoxy) is 2. The zero-order valence-corrected chi connectivity index (χ0v) is 15.3. The molecule has 0 spiro atoms. The minimum Gasteiger partial charge on any atom is -0.444 e. The Balaban J connectivity index is 0.00000127. The van der Waals surface area contributed by atoms with Crippen LogP contribution in [0.3, 0.4) is 0 Å². The van der Waals surface area contributed by atoms with Crippen molar-refractivity contribution in [2.24, 2.45) is 0 Å². The molecule has 0 aliphatic carbocycles. The lowest BCUT2D eigenvalue weighted by Gasteiger charge is -2.40. The fraction of sp³-hybridized carbons (Fsp3) is 0.632. The summed E-state index contributed by atoms with van der Waals surface area (Å²) in [7, 11) is 0. The van der Waals surface area contributed by atoms with Gasteiger partial charge in [-0.2, -0.15) is 0 Å². The first-order valence-electron chi connectivity index (χ1n) is 8.57. The monoisotopic (exact) mass is 321 g/mol. The Morgan fingerprint density at radius 1 is 1.26 bits per heavy atom. The quantitative estimate of drug-likeness (QED) is 0.785. The highest BCUT2D eigenvalue weighted by Crippen LogP contribution is 2.27. The lowest BCUT2D eigenvalue weighted by molar-refractivity contribution is -0.0718. The van der Waals surface area contributed by atoms with Crippen LogP contribution in [0.4, 0.5) is 4.79 Å². The normalized spacial score (nSPS) is 21.2. The van der Waals surface area contributed by atoms with Gasteiger partial charge >= 0.3 is 6.09 Å². The van der Waals surface area contributed by atoms with Gasteiger partial charge in [-0.15, -0.1) is 0 Å². The molecule has 1 aliphatic rings. The molecule has 1 aromatic carbocycles. The van der Waals surface area contributed by atoms with Crippen molar-refractivity contribution in [3.63, 3.8) is 0 Å². The van der Waals surface area contributed by atoms with E-state index in [0.29, 0.717) is 13.2 Å². The number of morpholine rings is 1. The molecular formula is C19H31NO3. The smallest absolute Gasteiger partial charge is 0.410 e. The summed E-state index contributed by atoms with van der Waals surface area (Å²) < 4.78 is 11.5. The molecule has 2 atom stereocenters. The maximum atomic E-state index is 12.4. The SMILES string of the molecule is CC.CCC1COC(c2ccccc2)CN1C(=O)OC(C)(C)C. The highest BCUT2D eigenvalue weighted by Gasteiger charge is 2.34. The first-order valence-corrected chi connectivity index (χ1v) is 8.57. The fourth-order valence-corrected chi connectivity index (χ4v) is 2.45. The van der Waals surface area contributed by atoms with E-state index in [4.69, 9.17) is 9.47 Å². The molecule has 4 nitrogen and oxygen atoms in total. The van der Waals surface area contributed by atoms with E-state index in [1.165, 1.54) is 0 Å². The first-order chi connectivity index (χ1) is 10.9. The van der Waals surface area contributed by atoms with E-state index in [0.717, 1.165) is 12.0 Å². The number of hydrogen-bond acceptors (Lipinski definition) is 3. The van der Waals surface area contributed by atoms with Crippen molar-refractivity contribution < 1.29 is 14.3 Å². The second-order valence-corrected chi connectivity index (χ2v) is 6.43. The summed E-state index contributed by atoms with van der Waals surface area (Å²) in [4.78, 5) is 14.2. The predicted octanol–water partition coefficient (Wildman–Crippen LogP) is 4.80. The van der Waals surface area contributed by atoms with E-state index >= 15 is 0 Å². The highest BCUT2D eigenvalue weighted by atomic mass is 16.6. The van der Waals surface area contributed by atoms with Crippen LogP contribution in [0.5, 0.6) is 0 Å². The van der Waals surface area contributed by atoms with Crippen LogP contribution in [0, 0.1) is 0 Å². The zero-order chi connectivity index (χ0) is 17.5. The number of benzene rings is 1. The molecular weight excluding hydrogens is 290 g/mol. The van der Waals surface area contributed by atoms with Gasteiger partial charge in [0.05, 0.1) is 19.2 Å². The standard InChI is InChI=1S/C17H25NO3.C2H6/c1-5-14-12-20-15(13-9-7-6-8-10-13)11-18(14)16(19)21-17(2,3)4;1-2/h6-10,14-15H,5,11-12H2,1-4H3;1-2H3. The van der Waals surface area contributed by atoms with Crippen LogP contribution in [-0.4, -0.2) is 35.8 Å². The second kappa shape index (κ2) is 8.92. The Morgan fingerprint density at radius 3 is 2.39 bits per heavy atom. The number of nitrogens with zero attached hydrogens (tertiary/aromatic N) is 1. The number of carbonyl (C=O) groups excluding carboxylic acids is 1. The number of amides is 1. The van der Waals surface area contributed by atoms with E-state index in [-0.39, 0.29) is 18.2 Å². The van der Waals surface area contributed by atoms with Crippen molar-refractivity contribution in [1.29, 1.82) is 0 Å². The molecule has 0 radical (unpaired) electrons. The van der Waals surface area contributed by atoms with Gasteiger partial charge in [0, 0.05) is 0 Å². The molecule has 2 rings (SSSR count). The van der Waals surface area contributed by atoms with E-state index in [9.17, 15) is 4.79 Å². The van der Waals surface area contributed by atoms with Crippen LogP contribution in [-0.2, 0) is 9.47 Å². The van der Waals surface area contributed by atoms with Crippen LogP contribution in [0.15, 0.2) is 30.3 Å². The molecule has 1 aliphatic heterocycles. The minimum absolute atomic E-state index is 0.0819. The summed E-state index contributed by atoms with van der Waals surface area (Å²) >= 11 is 0. The van der Waals surface area contributed by atoms with Gasteiger partial charge < -0.3 is 9.47 Å². The molecule has 1 amide bonds. The molecule has 1 fully saturated rings. The molecule has 130 valence electrons. The number of carbonyl (C=O) groups is 1. The lowest BCUT2D eigenvalue weighted by atomic mass is 10.1. The van der Waals surface area contributed by atoms with Gasteiger partial charge in [-0.3, -0.25) is 4.90 Å². The molecule has 0 aromatic heterocycles. The van der Waals surface area contributed by atoms with Crippen molar-refractivity contribution >= 4 is 6.09 Å². The number of rotatable bonds is 2. The Morgan fingerprint density at radius 2 is 1.87 bits per heavy atom. The van der Waals surface area contributed by atoms with Crippen LogP contribution in [0.2, 0.25) is 0 Å².